The molecule has 0 atom stereocenters. The summed E-state index contributed by atoms with van der Waals surface area (Å²) in [5.41, 5.74) is 0. The van der Waals surface area contributed by atoms with E-state index >= 15 is 0 Å². The zero-order chi connectivity index (χ0) is 13.8. The van der Waals surface area contributed by atoms with Crippen molar-refractivity contribution in [3.8, 4) is 0 Å². The summed E-state index contributed by atoms with van der Waals surface area (Å²) in [6.45, 7) is 10.4. The summed E-state index contributed by atoms with van der Waals surface area (Å²) < 4.78 is 0. The minimum atomic E-state index is 0.861. The summed E-state index contributed by atoms with van der Waals surface area (Å²) in [4.78, 5) is 2.68. The Labute approximate surface area is 116 Å². The molecule has 2 heteroatoms. The van der Waals surface area contributed by atoms with Crippen molar-refractivity contribution in [3.05, 3.63) is 0 Å². The van der Waals surface area contributed by atoms with Crippen molar-refractivity contribution in [2.45, 2.75) is 84.7 Å². The van der Waals surface area contributed by atoms with Gasteiger partial charge in [0.05, 0.1) is 0 Å². The first-order valence-corrected chi connectivity index (χ1v) is 8.30. The van der Waals surface area contributed by atoms with E-state index in [1.165, 1.54) is 58.0 Å². The minimum Gasteiger partial charge on any atom is -0.317 e. The topological polar surface area (TPSA) is 15.3 Å². The van der Waals surface area contributed by atoms with Gasteiger partial charge in [0, 0.05) is 12.1 Å². The second-order valence-corrected chi connectivity index (χ2v) is 4.94. The van der Waals surface area contributed by atoms with Gasteiger partial charge in [-0.15, -0.1) is 0 Å². The second-order valence-electron chi connectivity index (χ2n) is 4.94. The van der Waals surface area contributed by atoms with Crippen LogP contribution in [0.4, 0.5) is 0 Å². The van der Waals surface area contributed by atoms with Gasteiger partial charge in [0.15, 0.2) is 0 Å². The number of nitrogens with one attached hydrogen (secondary N) is 1. The van der Waals surface area contributed by atoms with E-state index in [1.807, 2.05) is 27.7 Å². The highest BCUT2D eigenvalue weighted by Crippen LogP contribution is 2.25. The maximum Gasteiger partial charge on any atom is 0.0119 e. The lowest BCUT2D eigenvalue weighted by molar-refractivity contribution is 0.115. The molecule has 0 bridgehead atoms. The van der Waals surface area contributed by atoms with E-state index in [-0.39, 0.29) is 0 Å². The Morgan fingerprint density at radius 3 is 1.67 bits per heavy atom. The first-order valence-electron chi connectivity index (χ1n) is 8.30. The molecular weight excluding hydrogens is 220 g/mol. The third-order valence-electron chi connectivity index (χ3n) is 4.04. The molecule has 2 rings (SSSR count). The van der Waals surface area contributed by atoms with Crippen LogP contribution >= 0.6 is 0 Å². The lowest BCUT2D eigenvalue weighted by atomic mass is 9.92. The van der Waals surface area contributed by atoms with Crippen LogP contribution < -0.4 is 5.32 Å². The number of piperidine rings is 1. The number of nitrogens with zero attached hydrogens (tertiary/aromatic N) is 1. The van der Waals surface area contributed by atoms with E-state index in [1.54, 1.807) is 0 Å². The molecule has 0 unspecified atom stereocenters. The molecule has 110 valence electrons. The summed E-state index contributed by atoms with van der Waals surface area (Å²) in [7, 11) is 2.35. The Morgan fingerprint density at radius 1 is 0.722 bits per heavy atom. The monoisotopic (exact) mass is 256 g/mol. The van der Waals surface area contributed by atoms with Crippen LogP contribution in [-0.2, 0) is 0 Å². The summed E-state index contributed by atoms with van der Waals surface area (Å²) in [6, 6.07) is 1.76. The third kappa shape index (κ3) is 6.19. The molecule has 1 aliphatic heterocycles. The predicted octanol–water partition coefficient (Wildman–Crippen LogP) is 4.06. The molecule has 2 aliphatic rings. The average Bonchev–Trinajstić information content (AvgIpc) is 2.52. The maximum absolute atomic E-state index is 3.45. The van der Waals surface area contributed by atoms with Gasteiger partial charge in [0.2, 0.25) is 0 Å². The fourth-order valence-corrected chi connectivity index (χ4v) is 3.00. The molecule has 18 heavy (non-hydrogen) atoms. The van der Waals surface area contributed by atoms with E-state index in [2.05, 4.69) is 17.3 Å². The van der Waals surface area contributed by atoms with Crippen LogP contribution in [0.1, 0.15) is 72.6 Å². The molecule has 0 aromatic rings. The highest BCUT2D eigenvalue weighted by Gasteiger charge is 2.25. The van der Waals surface area contributed by atoms with Gasteiger partial charge in [-0.05, 0) is 45.8 Å². The molecule has 0 amide bonds. The van der Waals surface area contributed by atoms with E-state index in [9.17, 15) is 0 Å². The van der Waals surface area contributed by atoms with Crippen molar-refractivity contribution < 1.29 is 0 Å². The van der Waals surface area contributed by atoms with E-state index in [4.69, 9.17) is 0 Å². The molecule has 1 aliphatic carbocycles. The lowest BCUT2D eigenvalue weighted by Gasteiger charge is -2.39. The van der Waals surface area contributed by atoms with Gasteiger partial charge in [-0.2, -0.15) is 0 Å². The lowest BCUT2D eigenvalue weighted by Crippen LogP contribution is -2.46. The Balaban J connectivity index is 0.000000659. The second kappa shape index (κ2) is 12.0. The summed E-state index contributed by atoms with van der Waals surface area (Å²) in [5, 5.41) is 3.45. The van der Waals surface area contributed by atoms with E-state index in [0.29, 0.717) is 0 Å². The van der Waals surface area contributed by atoms with Gasteiger partial charge in [-0.25, -0.2) is 0 Å². The number of hydrogen-bond donors (Lipinski definition) is 1. The minimum absolute atomic E-state index is 0.861. The van der Waals surface area contributed by atoms with Crippen LogP contribution in [-0.4, -0.2) is 37.1 Å². The predicted molar refractivity (Wildman–Crippen MR) is 83.2 cm³/mol. The molecule has 1 saturated carbocycles. The molecule has 0 aromatic heterocycles. The first kappa shape index (κ1) is 17.9. The van der Waals surface area contributed by atoms with Gasteiger partial charge >= 0.3 is 0 Å². The van der Waals surface area contributed by atoms with Gasteiger partial charge in [-0.3, -0.25) is 0 Å². The molecule has 0 spiro atoms. The Morgan fingerprint density at radius 2 is 1.17 bits per heavy atom. The van der Waals surface area contributed by atoms with Gasteiger partial charge in [0.1, 0.15) is 0 Å². The molecule has 2 nitrogen and oxygen atoms in total. The largest absolute Gasteiger partial charge is 0.317 e. The Hall–Kier alpha value is -0.0800. The normalized spacial score (nSPS) is 21.7. The van der Waals surface area contributed by atoms with Crippen LogP contribution in [0, 0.1) is 0 Å². The molecule has 1 saturated heterocycles. The fraction of sp³-hybridized carbons (Fsp3) is 1.00. The SMILES string of the molecule is CC.CC.CN(C1CCCCC1)C1CCNCC1. The maximum atomic E-state index is 3.45. The highest BCUT2D eigenvalue weighted by molar-refractivity contribution is 4.82. The van der Waals surface area contributed by atoms with Crippen molar-refractivity contribution in [2.24, 2.45) is 0 Å². The van der Waals surface area contributed by atoms with Crippen molar-refractivity contribution >= 4 is 0 Å². The zero-order valence-electron chi connectivity index (χ0n) is 13.5. The number of rotatable bonds is 2. The smallest absolute Gasteiger partial charge is 0.0119 e. The molecular formula is C16H36N2. The first-order chi connectivity index (χ1) is 8.88. The van der Waals surface area contributed by atoms with Crippen LogP contribution in [0.25, 0.3) is 0 Å². The quantitative estimate of drug-likeness (QED) is 0.801. The average molecular weight is 256 g/mol. The van der Waals surface area contributed by atoms with Crippen LogP contribution in [0.15, 0.2) is 0 Å². The van der Waals surface area contributed by atoms with Crippen molar-refractivity contribution in [1.82, 2.24) is 10.2 Å². The van der Waals surface area contributed by atoms with E-state index < -0.39 is 0 Å². The standard InChI is InChI=1S/C12H24N2.2C2H6/c1-14(11-5-3-2-4-6-11)12-7-9-13-10-8-12;2*1-2/h11-13H,2-10H2,1H3;2*1-2H3. The van der Waals surface area contributed by atoms with E-state index in [0.717, 1.165) is 12.1 Å². The zero-order valence-corrected chi connectivity index (χ0v) is 13.5. The fourth-order valence-electron chi connectivity index (χ4n) is 3.00. The highest BCUT2D eigenvalue weighted by atomic mass is 15.2. The van der Waals surface area contributed by atoms with Crippen molar-refractivity contribution in [2.75, 3.05) is 20.1 Å². The Kier molecular flexibility index (Phi) is 11.9. The summed E-state index contributed by atoms with van der Waals surface area (Å²) >= 11 is 0. The van der Waals surface area contributed by atoms with Crippen molar-refractivity contribution in [1.29, 1.82) is 0 Å². The Bertz CT molecular complexity index is 140. The molecule has 0 aromatic carbocycles. The van der Waals surface area contributed by atoms with Gasteiger partial charge in [0.25, 0.3) is 0 Å². The van der Waals surface area contributed by atoms with Gasteiger partial charge < -0.3 is 10.2 Å². The van der Waals surface area contributed by atoms with Crippen molar-refractivity contribution in [3.63, 3.8) is 0 Å². The molecule has 0 radical (unpaired) electrons. The molecule has 1 N–H and O–H groups in total. The van der Waals surface area contributed by atoms with Crippen LogP contribution in [0.3, 0.4) is 0 Å². The summed E-state index contributed by atoms with van der Waals surface area (Å²) in [6.07, 6.45) is 9.98. The van der Waals surface area contributed by atoms with Gasteiger partial charge in [-0.1, -0.05) is 47.0 Å². The molecule has 2 fully saturated rings. The van der Waals surface area contributed by atoms with Crippen LogP contribution in [0.5, 0.6) is 0 Å². The number of hydrogen-bond acceptors (Lipinski definition) is 2. The van der Waals surface area contributed by atoms with Crippen LogP contribution in [0.2, 0.25) is 0 Å². The summed E-state index contributed by atoms with van der Waals surface area (Å²) in [5.74, 6) is 0. The third-order valence-corrected chi connectivity index (χ3v) is 4.04. The molecule has 1 heterocycles.